The summed E-state index contributed by atoms with van der Waals surface area (Å²) in [6.45, 7) is 5.15. The summed E-state index contributed by atoms with van der Waals surface area (Å²) < 4.78 is 18.4. The van der Waals surface area contributed by atoms with Crippen LogP contribution in [0.3, 0.4) is 0 Å². The zero-order valence-electron chi connectivity index (χ0n) is 18.4. The van der Waals surface area contributed by atoms with Gasteiger partial charge in [-0.3, -0.25) is 9.59 Å². The van der Waals surface area contributed by atoms with Gasteiger partial charge < -0.3 is 18.8 Å². The zero-order chi connectivity index (χ0) is 22.8. The fourth-order valence-corrected chi connectivity index (χ4v) is 4.43. The van der Waals surface area contributed by atoms with Crippen LogP contribution in [0.25, 0.3) is 11.0 Å². The molecule has 1 atom stereocenters. The van der Waals surface area contributed by atoms with Crippen molar-refractivity contribution in [3.8, 4) is 11.5 Å². The Hall–Kier alpha value is -2.80. The number of amides is 1. The fourth-order valence-electron chi connectivity index (χ4n) is 4.07. The van der Waals surface area contributed by atoms with Gasteiger partial charge in [0.15, 0.2) is 16.9 Å². The van der Waals surface area contributed by atoms with E-state index in [1.807, 2.05) is 25.1 Å². The van der Waals surface area contributed by atoms with Crippen molar-refractivity contribution in [3.05, 3.63) is 68.0 Å². The number of hydrogen-bond donors (Lipinski definition) is 0. The minimum Gasteiger partial charge on any atom is -0.490 e. The lowest BCUT2D eigenvalue weighted by molar-refractivity contribution is 0.0771. The fraction of sp³-hybridized carbons (Fsp3) is 0.360. The highest BCUT2D eigenvalue weighted by molar-refractivity contribution is 9.10. The molecule has 4 rings (SSSR count). The van der Waals surface area contributed by atoms with Crippen LogP contribution in [0.5, 0.6) is 11.5 Å². The molecule has 1 aliphatic heterocycles. The van der Waals surface area contributed by atoms with Gasteiger partial charge in [-0.25, -0.2) is 0 Å². The molecule has 1 unspecified atom stereocenters. The molecule has 0 bridgehead atoms. The highest BCUT2D eigenvalue weighted by Gasteiger charge is 2.41. The second-order valence-corrected chi connectivity index (χ2v) is 8.74. The SMILES string of the molecule is CCCCCOc1ccc(C2c3c(oc4ccc(Br)cc4c3=O)C(=O)N2C)cc1OCC. The molecule has 3 aromatic rings. The van der Waals surface area contributed by atoms with Crippen molar-refractivity contribution in [2.24, 2.45) is 0 Å². The highest BCUT2D eigenvalue weighted by atomic mass is 79.9. The molecule has 1 aromatic heterocycles. The highest BCUT2D eigenvalue weighted by Crippen LogP contribution is 2.40. The Balaban J connectivity index is 1.78. The van der Waals surface area contributed by atoms with E-state index in [-0.39, 0.29) is 17.1 Å². The van der Waals surface area contributed by atoms with E-state index in [1.54, 1.807) is 25.2 Å². The number of rotatable bonds is 8. The molecule has 7 heteroatoms. The summed E-state index contributed by atoms with van der Waals surface area (Å²) in [6.07, 6.45) is 3.20. The standard InChI is InChI=1S/C25H26BrNO5/c1-4-6-7-12-31-19-10-8-15(13-20(19)30-5-2)22-21-23(28)17-14-16(26)9-11-18(17)32-24(21)25(29)27(22)3/h8-11,13-14,22H,4-7,12H2,1-3H3. The number of benzene rings is 2. The van der Waals surface area contributed by atoms with E-state index >= 15 is 0 Å². The average Bonchev–Trinajstić information content (AvgIpc) is 3.03. The Morgan fingerprint density at radius 3 is 2.59 bits per heavy atom. The molecule has 0 N–H and O–H groups in total. The first kappa shape index (κ1) is 22.4. The molecule has 0 saturated heterocycles. The minimum atomic E-state index is -0.564. The molecule has 0 saturated carbocycles. The number of halogens is 1. The monoisotopic (exact) mass is 499 g/mol. The van der Waals surface area contributed by atoms with Gasteiger partial charge in [-0.15, -0.1) is 0 Å². The summed E-state index contributed by atoms with van der Waals surface area (Å²) in [7, 11) is 1.68. The van der Waals surface area contributed by atoms with E-state index in [0.29, 0.717) is 41.2 Å². The summed E-state index contributed by atoms with van der Waals surface area (Å²) in [4.78, 5) is 27.9. The number of fused-ring (bicyclic) bond motifs is 2. The third kappa shape index (κ3) is 4.01. The largest absolute Gasteiger partial charge is 0.490 e. The van der Waals surface area contributed by atoms with Crippen LogP contribution in [-0.2, 0) is 0 Å². The van der Waals surface area contributed by atoms with Crippen molar-refractivity contribution in [1.29, 1.82) is 0 Å². The second kappa shape index (κ2) is 9.36. The van der Waals surface area contributed by atoms with Crippen molar-refractivity contribution < 1.29 is 18.7 Å². The van der Waals surface area contributed by atoms with E-state index in [2.05, 4.69) is 22.9 Å². The maximum Gasteiger partial charge on any atom is 0.290 e. The third-order valence-electron chi connectivity index (χ3n) is 5.65. The molecule has 32 heavy (non-hydrogen) atoms. The summed E-state index contributed by atoms with van der Waals surface area (Å²) in [6, 6.07) is 10.2. The van der Waals surface area contributed by atoms with Crippen molar-refractivity contribution in [3.63, 3.8) is 0 Å². The molecule has 1 amide bonds. The van der Waals surface area contributed by atoms with Gasteiger partial charge in [0, 0.05) is 11.5 Å². The smallest absolute Gasteiger partial charge is 0.290 e. The lowest BCUT2D eigenvalue weighted by atomic mass is 9.98. The van der Waals surface area contributed by atoms with Gasteiger partial charge in [-0.2, -0.15) is 0 Å². The first-order valence-electron chi connectivity index (χ1n) is 10.9. The first-order valence-corrected chi connectivity index (χ1v) is 11.7. The predicted octanol–water partition coefficient (Wildman–Crippen LogP) is 5.70. The molecule has 6 nitrogen and oxygen atoms in total. The molecule has 0 spiro atoms. The molecule has 168 valence electrons. The van der Waals surface area contributed by atoms with E-state index in [1.165, 1.54) is 4.90 Å². The van der Waals surface area contributed by atoms with Crippen LogP contribution in [-0.4, -0.2) is 31.1 Å². The van der Waals surface area contributed by atoms with Gasteiger partial charge in [-0.05, 0) is 49.2 Å². The van der Waals surface area contributed by atoms with Crippen molar-refractivity contribution in [2.45, 2.75) is 39.2 Å². The van der Waals surface area contributed by atoms with Crippen molar-refractivity contribution in [2.75, 3.05) is 20.3 Å². The Kier molecular flexibility index (Phi) is 6.55. The van der Waals surface area contributed by atoms with Crippen molar-refractivity contribution >= 4 is 32.8 Å². The molecular formula is C25H26BrNO5. The molecule has 2 heterocycles. The number of unbranched alkanes of at least 4 members (excludes halogenated alkanes) is 2. The molecule has 1 aliphatic rings. The van der Waals surface area contributed by atoms with E-state index < -0.39 is 6.04 Å². The van der Waals surface area contributed by atoms with Crippen LogP contribution in [0.4, 0.5) is 0 Å². The van der Waals surface area contributed by atoms with Gasteiger partial charge in [0.2, 0.25) is 5.76 Å². The molecule has 2 aromatic carbocycles. The second-order valence-electron chi connectivity index (χ2n) is 7.83. The number of carbonyl (C=O) groups excluding carboxylic acids is 1. The quantitative estimate of drug-likeness (QED) is 0.372. The lowest BCUT2D eigenvalue weighted by Gasteiger charge is -2.22. The zero-order valence-corrected chi connectivity index (χ0v) is 20.0. The number of nitrogens with zero attached hydrogens (tertiary/aromatic N) is 1. The first-order chi connectivity index (χ1) is 15.5. The van der Waals surface area contributed by atoms with Gasteiger partial charge >= 0.3 is 0 Å². The maximum absolute atomic E-state index is 13.4. The summed E-state index contributed by atoms with van der Waals surface area (Å²) in [5, 5.41) is 0.437. The minimum absolute atomic E-state index is 0.0928. The van der Waals surface area contributed by atoms with E-state index in [0.717, 1.165) is 29.3 Å². The number of hydrogen-bond acceptors (Lipinski definition) is 5. The number of ether oxygens (including phenoxy) is 2. The van der Waals surface area contributed by atoms with Crippen LogP contribution >= 0.6 is 15.9 Å². The van der Waals surface area contributed by atoms with E-state index in [4.69, 9.17) is 13.9 Å². The molecule has 0 aliphatic carbocycles. The van der Waals surface area contributed by atoms with Gasteiger partial charge in [-0.1, -0.05) is 41.8 Å². The predicted molar refractivity (Wildman–Crippen MR) is 127 cm³/mol. The van der Waals surface area contributed by atoms with Crippen LogP contribution in [0.15, 0.2) is 50.1 Å². The third-order valence-corrected chi connectivity index (χ3v) is 6.14. The number of carbonyl (C=O) groups is 1. The summed E-state index contributed by atoms with van der Waals surface area (Å²) in [5.74, 6) is 1.04. The Morgan fingerprint density at radius 1 is 1.03 bits per heavy atom. The normalized spacial score (nSPS) is 15.3. The van der Waals surface area contributed by atoms with Crippen LogP contribution in [0.2, 0.25) is 0 Å². The van der Waals surface area contributed by atoms with Gasteiger partial charge in [0.05, 0.1) is 30.2 Å². The lowest BCUT2D eigenvalue weighted by Crippen LogP contribution is -2.25. The van der Waals surface area contributed by atoms with Crippen LogP contribution in [0, 0.1) is 0 Å². The van der Waals surface area contributed by atoms with Crippen molar-refractivity contribution in [1.82, 2.24) is 4.90 Å². The Labute approximate surface area is 195 Å². The Morgan fingerprint density at radius 2 is 1.84 bits per heavy atom. The van der Waals surface area contributed by atoms with Gasteiger partial charge in [0.1, 0.15) is 5.58 Å². The molecular weight excluding hydrogens is 474 g/mol. The van der Waals surface area contributed by atoms with Crippen LogP contribution < -0.4 is 14.9 Å². The maximum atomic E-state index is 13.4. The topological polar surface area (TPSA) is 69.0 Å². The summed E-state index contributed by atoms with van der Waals surface area (Å²) in [5.41, 5.74) is 1.31. The molecule has 0 radical (unpaired) electrons. The van der Waals surface area contributed by atoms with E-state index in [9.17, 15) is 9.59 Å². The van der Waals surface area contributed by atoms with Crippen LogP contribution in [0.1, 0.15) is 60.8 Å². The average molecular weight is 500 g/mol. The Bertz CT molecular complexity index is 1220. The summed E-state index contributed by atoms with van der Waals surface area (Å²) >= 11 is 3.41. The van der Waals surface area contributed by atoms with Gasteiger partial charge in [0.25, 0.3) is 5.91 Å². The molecule has 0 fully saturated rings.